The molecule has 2 aromatic rings. The van der Waals surface area contributed by atoms with Crippen molar-refractivity contribution in [1.29, 1.82) is 0 Å². The number of aromatic nitrogens is 1. The molecule has 21 heavy (non-hydrogen) atoms. The van der Waals surface area contributed by atoms with E-state index in [1.807, 2.05) is 25.3 Å². The van der Waals surface area contributed by atoms with Crippen LogP contribution in [0.25, 0.3) is 0 Å². The first-order valence-corrected chi connectivity index (χ1v) is 7.32. The minimum atomic E-state index is -0.177. The number of anilines is 1. The van der Waals surface area contributed by atoms with Gasteiger partial charge in [0.15, 0.2) is 0 Å². The van der Waals surface area contributed by atoms with Crippen molar-refractivity contribution in [3.8, 4) is 0 Å². The molecular weight excluding hydrogens is 263 g/mol. The molecule has 0 atom stereocenters. The maximum absolute atomic E-state index is 13.0. The van der Waals surface area contributed by atoms with Crippen molar-refractivity contribution in [3.05, 3.63) is 59.0 Å². The topological polar surface area (TPSA) is 24.9 Å². The summed E-state index contributed by atoms with van der Waals surface area (Å²) in [5, 5.41) is 3.31. The molecule has 0 bridgehead atoms. The zero-order valence-electron chi connectivity index (χ0n) is 13.2. The van der Waals surface area contributed by atoms with E-state index in [9.17, 15) is 4.39 Å². The van der Waals surface area contributed by atoms with Crippen LogP contribution >= 0.6 is 0 Å². The van der Waals surface area contributed by atoms with E-state index >= 15 is 0 Å². The third kappa shape index (κ3) is 4.28. The molecule has 0 unspecified atom stereocenters. The quantitative estimate of drug-likeness (QED) is 0.896. The summed E-state index contributed by atoms with van der Waals surface area (Å²) in [7, 11) is 0. The van der Waals surface area contributed by atoms with Gasteiger partial charge in [0.2, 0.25) is 0 Å². The van der Waals surface area contributed by atoms with E-state index in [1.165, 1.54) is 11.6 Å². The van der Waals surface area contributed by atoms with Gasteiger partial charge in [-0.05, 0) is 53.6 Å². The summed E-state index contributed by atoms with van der Waals surface area (Å²) in [6.07, 6.45) is 2.78. The number of hydrogen-bond donors (Lipinski definition) is 1. The van der Waals surface area contributed by atoms with Gasteiger partial charge in [0.1, 0.15) is 11.6 Å². The van der Waals surface area contributed by atoms with E-state index in [-0.39, 0.29) is 11.2 Å². The average molecular weight is 286 g/mol. The highest BCUT2D eigenvalue weighted by Crippen LogP contribution is 2.21. The molecule has 0 aliphatic rings. The van der Waals surface area contributed by atoms with Crippen LogP contribution < -0.4 is 5.32 Å². The van der Waals surface area contributed by atoms with Crippen molar-refractivity contribution >= 4 is 5.82 Å². The Kier molecular flexibility index (Phi) is 4.61. The lowest BCUT2D eigenvalue weighted by molar-refractivity contribution is 0.587. The fourth-order valence-corrected chi connectivity index (χ4v) is 2.21. The molecule has 0 saturated heterocycles. The van der Waals surface area contributed by atoms with E-state index in [4.69, 9.17) is 0 Å². The van der Waals surface area contributed by atoms with Gasteiger partial charge >= 0.3 is 0 Å². The summed E-state index contributed by atoms with van der Waals surface area (Å²) in [6, 6.07) is 9.06. The third-order valence-corrected chi connectivity index (χ3v) is 3.63. The fourth-order valence-electron chi connectivity index (χ4n) is 2.21. The van der Waals surface area contributed by atoms with Gasteiger partial charge in [-0.15, -0.1) is 0 Å². The molecule has 0 aliphatic heterocycles. The van der Waals surface area contributed by atoms with Crippen LogP contribution in [0.15, 0.2) is 36.5 Å². The van der Waals surface area contributed by atoms with E-state index in [2.05, 4.69) is 37.1 Å². The summed E-state index contributed by atoms with van der Waals surface area (Å²) in [4.78, 5) is 4.44. The molecular formula is C18H23FN2. The Balaban J connectivity index is 1.91. The molecule has 0 aliphatic carbocycles. The lowest BCUT2D eigenvalue weighted by Gasteiger charge is -2.18. The van der Waals surface area contributed by atoms with Gasteiger partial charge in [-0.2, -0.15) is 0 Å². The van der Waals surface area contributed by atoms with Crippen molar-refractivity contribution in [2.45, 2.75) is 39.5 Å². The van der Waals surface area contributed by atoms with Gasteiger partial charge < -0.3 is 5.32 Å². The molecule has 1 aromatic carbocycles. The molecule has 2 rings (SSSR count). The Labute approximate surface area is 126 Å². The number of nitrogens with zero attached hydrogens (tertiary/aromatic N) is 1. The molecule has 1 N–H and O–H groups in total. The summed E-state index contributed by atoms with van der Waals surface area (Å²) in [5.74, 6) is 0.700. The highest BCUT2D eigenvalue weighted by atomic mass is 19.1. The molecule has 0 saturated carbocycles. The van der Waals surface area contributed by atoms with Gasteiger partial charge in [0.05, 0.1) is 0 Å². The highest BCUT2D eigenvalue weighted by Gasteiger charge is 2.13. The van der Waals surface area contributed by atoms with Crippen molar-refractivity contribution < 1.29 is 4.39 Å². The van der Waals surface area contributed by atoms with Crippen molar-refractivity contribution in [2.24, 2.45) is 0 Å². The van der Waals surface area contributed by atoms with Crippen LogP contribution in [0.1, 0.15) is 37.5 Å². The largest absolute Gasteiger partial charge is 0.370 e. The fraction of sp³-hybridized carbons (Fsp3) is 0.389. The minimum absolute atomic E-state index is 0.122. The van der Waals surface area contributed by atoms with Crippen LogP contribution in [0.4, 0.5) is 10.2 Å². The smallest absolute Gasteiger partial charge is 0.125 e. The lowest BCUT2D eigenvalue weighted by atomic mass is 9.88. The summed E-state index contributed by atoms with van der Waals surface area (Å²) < 4.78 is 13.0. The zero-order chi connectivity index (χ0) is 15.5. The van der Waals surface area contributed by atoms with Crippen molar-refractivity contribution in [1.82, 2.24) is 4.98 Å². The minimum Gasteiger partial charge on any atom is -0.370 e. The molecule has 0 spiro atoms. The van der Waals surface area contributed by atoms with Gasteiger partial charge in [0, 0.05) is 12.7 Å². The zero-order valence-corrected chi connectivity index (χ0v) is 13.2. The number of nitrogens with one attached hydrogen (secondary N) is 1. The summed E-state index contributed by atoms with van der Waals surface area (Å²) in [5.41, 5.74) is 3.50. The predicted octanol–water partition coefficient (Wildman–Crippen LogP) is 4.48. The van der Waals surface area contributed by atoms with Gasteiger partial charge in [-0.1, -0.05) is 32.9 Å². The molecule has 112 valence electrons. The lowest BCUT2D eigenvalue weighted by Crippen LogP contribution is -2.12. The van der Waals surface area contributed by atoms with Crippen molar-refractivity contribution in [3.63, 3.8) is 0 Å². The van der Waals surface area contributed by atoms with E-state index in [1.54, 1.807) is 6.07 Å². The summed E-state index contributed by atoms with van der Waals surface area (Å²) in [6.45, 7) is 9.25. The number of pyridine rings is 1. The van der Waals surface area contributed by atoms with Gasteiger partial charge in [-0.25, -0.2) is 9.37 Å². The molecule has 3 heteroatoms. The number of hydrogen-bond acceptors (Lipinski definition) is 2. The first kappa shape index (κ1) is 15.5. The monoisotopic (exact) mass is 286 g/mol. The number of rotatable bonds is 4. The Morgan fingerprint density at radius 3 is 2.48 bits per heavy atom. The van der Waals surface area contributed by atoms with Crippen LogP contribution in [0, 0.1) is 12.7 Å². The van der Waals surface area contributed by atoms with E-state index in [0.717, 1.165) is 29.9 Å². The Morgan fingerprint density at radius 1 is 1.14 bits per heavy atom. The van der Waals surface area contributed by atoms with Gasteiger partial charge in [0.25, 0.3) is 0 Å². The molecule has 2 nitrogen and oxygen atoms in total. The number of benzene rings is 1. The average Bonchev–Trinajstić information content (AvgIpc) is 2.41. The Hall–Kier alpha value is -1.90. The predicted molar refractivity (Wildman–Crippen MR) is 86.3 cm³/mol. The maximum atomic E-state index is 13.0. The van der Waals surface area contributed by atoms with E-state index < -0.39 is 0 Å². The first-order chi connectivity index (χ1) is 9.86. The summed E-state index contributed by atoms with van der Waals surface area (Å²) >= 11 is 0. The number of halogens is 1. The van der Waals surface area contributed by atoms with E-state index in [0.29, 0.717) is 0 Å². The van der Waals surface area contributed by atoms with Gasteiger partial charge in [-0.3, -0.25) is 0 Å². The molecule has 1 heterocycles. The SMILES string of the molecule is Cc1cc(F)ccc1CCNc1ccc(C(C)(C)C)cn1. The normalized spacial score (nSPS) is 11.5. The second kappa shape index (κ2) is 6.25. The Morgan fingerprint density at radius 2 is 1.90 bits per heavy atom. The second-order valence-corrected chi connectivity index (χ2v) is 6.43. The molecule has 0 radical (unpaired) electrons. The van der Waals surface area contributed by atoms with Crippen LogP contribution in [-0.2, 0) is 11.8 Å². The second-order valence-electron chi connectivity index (χ2n) is 6.43. The standard InChI is InChI=1S/C18H23FN2/c1-13-11-16(19)7-5-14(13)9-10-20-17-8-6-15(12-21-17)18(2,3)4/h5-8,11-12H,9-10H2,1-4H3,(H,20,21). The molecule has 0 amide bonds. The first-order valence-electron chi connectivity index (χ1n) is 7.32. The Bertz CT molecular complexity index is 598. The van der Waals surface area contributed by atoms with Crippen LogP contribution in [0.3, 0.4) is 0 Å². The van der Waals surface area contributed by atoms with Crippen LogP contribution in [-0.4, -0.2) is 11.5 Å². The van der Waals surface area contributed by atoms with Crippen LogP contribution in [0.2, 0.25) is 0 Å². The van der Waals surface area contributed by atoms with Crippen molar-refractivity contribution in [2.75, 3.05) is 11.9 Å². The number of aryl methyl sites for hydroxylation is 1. The molecule has 0 fully saturated rings. The maximum Gasteiger partial charge on any atom is 0.125 e. The molecule has 1 aromatic heterocycles. The third-order valence-electron chi connectivity index (χ3n) is 3.63. The highest BCUT2D eigenvalue weighted by molar-refractivity contribution is 5.37. The van der Waals surface area contributed by atoms with Crippen LogP contribution in [0.5, 0.6) is 0 Å².